The van der Waals surface area contributed by atoms with Crippen molar-refractivity contribution in [2.24, 2.45) is 5.92 Å². The number of nitriles is 1. The molecule has 4 heterocycles. The lowest BCUT2D eigenvalue weighted by Crippen LogP contribution is -2.58. The van der Waals surface area contributed by atoms with Gasteiger partial charge >= 0.3 is 0 Å². The van der Waals surface area contributed by atoms with Gasteiger partial charge in [-0.05, 0) is 50.3 Å². The Kier molecular flexibility index (Phi) is 6.80. The van der Waals surface area contributed by atoms with Crippen LogP contribution in [0.4, 0.5) is 5.82 Å². The first kappa shape index (κ1) is 24.8. The number of rotatable bonds is 7. The fraction of sp³-hybridized carbons (Fsp3) is 0.607. The average molecular weight is 493 g/mol. The molecule has 8 nitrogen and oxygen atoms in total. The molecule has 192 valence electrons. The third kappa shape index (κ3) is 5.00. The average Bonchev–Trinajstić information content (AvgIpc) is 3.57. The molecule has 36 heavy (non-hydrogen) atoms. The summed E-state index contributed by atoms with van der Waals surface area (Å²) in [6, 6.07) is 6.14. The van der Waals surface area contributed by atoms with Crippen molar-refractivity contribution in [2.45, 2.75) is 77.7 Å². The molecule has 1 amide bonds. The molecule has 2 aliphatic heterocycles. The molecule has 0 radical (unpaired) electrons. The summed E-state index contributed by atoms with van der Waals surface area (Å²) in [5.74, 6) is 2.18. The summed E-state index contributed by atoms with van der Waals surface area (Å²) in [4.78, 5) is 22.4. The second-order valence-electron chi connectivity index (χ2n) is 11.2. The van der Waals surface area contributed by atoms with E-state index in [0.29, 0.717) is 49.9 Å². The highest BCUT2D eigenvalue weighted by Gasteiger charge is 2.39. The number of fused-ring (bicyclic) bond motifs is 1. The van der Waals surface area contributed by atoms with Crippen molar-refractivity contribution >= 4 is 11.7 Å². The Balaban J connectivity index is 1.37. The lowest BCUT2D eigenvalue weighted by molar-refractivity contribution is -0.140. The van der Waals surface area contributed by atoms with Crippen LogP contribution in [0.5, 0.6) is 0 Å². The predicted molar refractivity (Wildman–Crippen MR) is 134 cm³/mol. The number of nitrogens with zero attached hydrogens (tertiary/aromatic N) is 4. The molecule has 0 aromatic carbocycles. The van der Waals surface area contributed by atoms with Gasteiger partial charge in [0.1, 0.15) is 30.9 Å². The molecule has 0 spiro atoms. The second-order valence-corrected chi connectivity index (χ2v) is 11.2. The number of carbonyl (C=O) groups excluding carboxylic acids is 1. The Hall–Kier alpha value is -2.89. The highest BCUT2D eigenvalue weighted by atomic mass is 16.5. The largest absolute Gasteiger partial charge is 0.467 e. The van der Waals surface area contributed by atoms with E-state index in [2.05, 4.69) is 38.7 Å². The first-order chi connectivity index (χ1) is 17.3. The molecule has 8 heteroatoms. The van der Waals surface area contributed by atoms with E-state index in [1.165, 1.54) is 0 Å². The fourth-order valence-electron chi connectivity index (χ4n) is 5.42. The molecule has 2 aromatic heterocycles. The third-order valence-electron chi connectivity index (χ3n) is 7.57. The van der Waals surface area contributed by atoms with Crippen LogP contribution in [0.3, 0.4) is 0 Å². The van der Waals surface area contributed by atoms with Crippen molar-refractivity contribution < 1.29 is 18.7 Å². The monoisotopic (exact) mass is 492 g/mol. The Morgan fingerprint density at radius 2 is 2.11 bits per heavy atom. The molecule has 0 N–H and O–H groups in total. The van der Waals surface area contributed by atoms with Crippen molar-refractivity contribution in [1.82, 2.24) is 9.88 Å². The van der Waals surface area contributed by atoms with Gasteiger partial charge in [0.15, 0.2) is 0 Å². The minimum absolute atomic E-state index is 0.00647. The predicted octanol–water partition coefficient (Wildman–Crippen LogP) is 4.16. The maximum Gasteiger partial charge on any atom is 0.248 e. The van der Waals surface area contributed by atoms with Crippen LogP contribution < -0.4 is 4.90 Å². The number of hydrogen-bond donors (Lipinski definition) is 0. The minimum Gasteiger partial charge on any atom is -0.467 e. The van der Waals surface area contributed by atoms with E-state index in [1.807, 2.05) is 11.0 Å². The van der Waals surface area contributed by atoms with Crippen molar-refractivity contribution in [2.75, 3.05) is 31.1 Å². The standard InChI is InChI=1S/C28H36N4O4/c1-18(2)24-14-31(9-10-32(24)25(33)17-34-15-20-6-5-11-35-20)27-22(13-29)21-12-28(3,4)36-16-23(21)26(30-27)19-7-8-19/h5-6,11,18-19,24H,7-10,12,14-17H2,1-4H3/t24-/m0/s1. The number of hydrogen-bond acceptors (Lipinski definition) is 7. The van der Waals surface area contributed by atoms with Gasteiger partial charge in [-0.3, -0.25) is 4.79 Å². The molecule has 0 bridgehead atoms. The maximum absolute atomic E-state index is 13.1. The van der Waals surface area contributed by atoms with E-state index in [9.17, 15) is 10.1 Å². The Morgan fingerprint density at radius 3 is 2.78 bits per heavy atom. The van der Waals surface area contributed by atoms with Crippen LogP contribution in [-0.2, 0) is 33.9 Å². The topological polar surface area (TPSA) is 91.8 Å². The molecule has 3 aliphatic rings. The zero-order chi connectivity index (χ0) is 25.4. The minimum atomic E-state index is -0.306. The number of carbonyl (C=O) groups is 1. The van der Waals surface area contributed by atoms with Crippen LogP contribution in [0.1, 0.15) is 74.6 Å². The smallest absolute Gasteiger partial charge is 0.248 e. The number of ether oxygens (including phenoxy) is 2. The molecule has 1 atom stereocenters. The number of anilines is 1. The summed E-state index contributed by atoms with van der Waals surface area (Å²) in [5.41, 5.74) is 3.71. The molecule has 2 aromatic rings. The molecule has 0 unspecified atom stereocenters. The third-order valence-corrected chi connectivity index (χ3v) is 7.57. The number of amides is 1. The number of pyridine rings is 1. The summed E-state index contributed by atoms with van der Waals surface area (Å²) in [6.07, 6.45) is 4.59. The molecular weight excluding hydrogens is 456 g/mol. The van der Waals surface area contributed by atoms with Gasteiger partial charge in [-0.15, -0.1) is 0 Å². The first-order valence-corrected chi connectivity index (χ1v) is 13.0. The van der Waals surface area contributed by atoms with Crippen LogP contribution in [0.25, 0.3) is 0 Å². The quantitative estimate of drug-likeness (QED) is 0.573. The van der Waals surface area contributed by atoms with Gasteiger partial charge in [-0.1, -0.05) is 13.8 Å². The lowest BCUT2D eigenvalue weighted by atomic mass is 9.87. The zero-order valence-corrected chi connectivity index (χ0v) is 21.7. The fourth-order valence-corrected chi connectivity index (χ4v) is 5.42. The summed E-state index contributed by atoms with van der Waals surface area (Å²) >= 11 is 0. The summed E-state index contributed by atoms with van der Waals surface area (Å²) < 4.78 is 17.0. The summed E-state index contributed by atoms with van der Waals surface area (Å²) in [7, 11) is 0. The van der Waals surface area contributed by atoms with Crippen molar-refractivity contribution in [3.8, 4) is 6.07 Å². The van der Waals surface area contributed by atoms with Crippen LogP contribution in [-0.4, -0.2) is 53.7 Å². The van der Waals surface area contributed by atoms with E-state index in [4.69, 9.17) is 18.9 Å². The normalized spacial score (nSPS) is 21.4. The summed E-state index contributed by atoms with van der Waals surface area (Å²) in [5, 5.41) is 10.3. The molecule has 5 rings (SSSR count). The van der Waals surface area contributed by atoms with E-state index >= 15 is 0 Å². The van der Waals surface area contributed by atoms with Crippen LogP contribution in [0, 0.1) is 17.2 Å². The Bertz CT molecular complexity index is 1150. The Morgan fingerprint density at radius 1 is 1.31 bits per heavy atom. The molecule has 2 fully saturated rings. The summed E-state index contributed by atoms with van der Waals surface area (Å²) in [6.45, 7) is 11.1. The first-order valence-electron chi connectivity index (χ1n) is 13.0. The number of furan rings is 1. The molecule has 1 aliphatic carbocycles. The number of aromatic nitrogens is 1. The van der Waals surface area contributed by atoms with E-state index in [-0.39, 0.29) is 36.7 Å². The van der Waals surface area contributed by atoms with Gasteiger partial charge in [-0.2, -0.15) is 5.26 Å². The molecule has 1 saturated carbocycles. The van der Waals surface area contributed by atoms with Crippen LogP contribution in [0.15, 0.2) is 22.8 Å². The van der Waals surface area contributed by atoms with Gasteiger partial charge in [0, 0.05) is 37.5 Å². The zero-order valence-electron chi connectivity index (χ0n) is 21.7. The van der Waals surface area contributed by atoms with Gasteiger partial charge in [0.05, 0.1) is 35.8 Å². The van der Waals surface area contributed by atoms with Gasteiger partial charge in [-0.25, -0.2) is 4.98 Å². The highest BCUT2D eigenvalue weighted by molar-refractivity contribution is 5.78. The Labute approximate surface area is 213 Å². The van der Waals surface area contributed by atoms with E-state index in [1.54, 1.807) is 12.3 Å². The van der Waals surface area contributed by atoms with Gasteiger partial charge in [0.2, 0.25) is 5.91 Å². The van der Waals surface area contributed by atoms with Gasteiger partial charge < -0.3 is 23.7 Å². The van der Waals surface area contributed by atoms with Crippen LogP contribution in [0.2, 0.25) is 0 Å². The van der Waals surface area contributed by atoms with Crippen molar-refractivity contribution in [1.29, 1.82) is 5.26 Å². The second kappa shape index (κ2) is 9.87. The van der Waals surface area contributed by atoms with Crippen molar-refractivity contribution in [3.63, 3.8) is 0 Å². The maximum atomic E-state index is 13.1. The highest BCUT2D eigenvalue weighted by Crippen LogP contribution is 2.46. The molecule has 1 saturated heterocycles. The SMILES string of the molecule is CC(C)[C@@H]1CN(c2nc(C3CC3)c3c(c2C#N)CC(C)(C)OC3)CCN1C(=O)COCc1ccco1. The van der Waals surface area contributed by atoms with Crippen molar-refractivity contribution in [3.05, 3.63) is 46.5 Å². The van der Waals surface area contributed by atoms with E-state index in [0.717, 1.165) is 35.5 Å². The molecular formula is C28H36N4O4. The van der Waals surface area contributed by atoms with Crippen LogP contribution >= 0.6 is 0 Å². The van der Waals surface area contributed by atoms with Gasteiger partial charge in [0.25, 0.3) is 0 Å². The lowest BCUT2D eigenvalue weighted by Gasteiger charge is -2.44. The van der Waals surface area contributed by atoms with E-state index < -0.39 is 0 Å². The number of piperazine rings is 1.